The maximum absolute atomic E-state index is 5.06. The van der Waals surface area contributed by atoms with Crippen LogP contribution in [0.5, 0.6) is 0 Å². The van der Waals surface area contributed by atoms with E-state index in [0.717, 1.165) is 48.5 Å². The monoisotopic (exact) mass is 434 g/mol. The Morgan fingerprint density at radius 2 is 1.41 bits per heavy atom. The molecule has 0 fully saturated rings. The van der Waals surface area contributed by atoms with E-state index in [4.69, 9.17) is 9.98 Å². The molecule has 0 unspecified atom stereocenters. The zero-order valence-electron chi connectivity index (χ0n) is 18.5. The molecule has 2 aromatic rings. The Morgan fingerprint density at radius 3 is 2.07 bits per heavy atom. The van der Waals surface area contributed by atoms with Crippen molar-refractivity contribution in [3.05, 3.63) is 59.7 Å². The van der Waals surface area contributed by atoms with Crippen LogP contribution >= 0.6 is 0 Å². The first-order chi connectivity index (χ1) is 13.7. The van der Waals surface area contributed by atoms with Crippen LogP contribution in [0.4, 0.5) is 11.4 Å². The third-order valence-electron chi connectivity index (χ3n) is 4.98. The zero-order chi connectivity index (χ0) is 20.2. The summed E-state index contributed by atoms with van der Waals surface area (Å²) in [5.74, 6) is 0. The van der Waals surface area contributed by atoms with Gasteiger partial charge < -0.3 is 0 Å². The van der Waals surface area contributed by atoms with Gasteiger partial charge in [0, 0.05) is 16.5 Å². The van der Waals surface area contributed by atoms with Crippen LogP contribution in [0.2, 0.25) is 0 Å². The van der Waals surface area contributed by atoms with Crippen LogP contribution in [0.25, 0.3) is 0 Å². The summed E-state index contributed by atoms with van der Waals surface area (Å²) in [4.78, 5) is 9.88. The van der Waals surface area contributed by atoms with Crippen molar-refractivity contribution in [2.24, 2.45) is 9.98 Å². The SMILES string of the molecule is CCCCCC(=N\c1ccc(CCC)c(CCC)c1)/C(C)=N/c1ccccc1.[Ni]. The molecule has 0 amide bonds. The summed E-state index contributed by atoms with van der Waals surface area (Å²) in [6.45, 7) is 8.83. The number of rotatable bonds is 11. The molecule has 0 heterocycles. The summed E-state index contributed by atoms with van der Waals surface area (Å²) < 4.78 is 0. The molecule has 2 nitrogen and oxygen atoms in total. The summed E-state index contributed by atoms with van der Waals surface area (Å²) in [5, 5.41) is 0. The molecule has 2 rings (SSSR count). The van der Waals surface area contributed by atoms with Crippen molar-refractivity contribution >= 4 is 22.8 Å². The molecule has 0 saturated heterocycles. The Hall–Kier alpha value is -1.73. The number of aliphatic imine (C=N–C) groups is 2. The van der Waals surface area contributed by atoms with Gasteiger partial charge in [-0.05, 0) is 68.0 Å². The molecule has 0 spiro atoms. The van der Waals surface area contributed by atoms with E-state index in [1.165, 1.54) is 36.8 Å². The summed E-state index contributed by atoms with van der Waals surface area (Å²) in [6, 6.07) is 16.9. The van der Waals surface area contributed by atoms with Gasteiger partial charge in [-0.1, -0.05) is 70.7 Å². The van der Waals surface area contributed by atoms with Crippen LogP contribution in [0.1, 0.15) is 77.3 Å². The number of nitrogens with zero attached hydrogens (tertiary/aromatic N) is 2. The van der Waals surface area contributed by atoms with Gasteiger partial charge in [0.25, 0.3) is 0 Å². The van der Waals surface area contributed by atoms with Crippen LogP contribution in [-0.4, -0.2) is 11.4 Å². The minimum absolute atomic E-state index is 0. The minimum Gasteiger partial charge on any atom is -0.252 e. The Balaban J connectivity index is 0.00000420. The second kappa shape index (κ2) is 14.3. The molecule has 0 atom stereocenters. The first-order valence-corrected chi connectivity index (χ1v) is 11.0. The van der Waals surface area contributed by atoms with Crippen molar-refractivity contribution < 1.29 is 16.5 Å². The summed E-state index contributed by atoms with van der Waals surface area (Å²) >= 11 is 0. The smallest absolute Gasteiger partial charge is 0.0636 e. The average Bonchev–Trinajstić information content (AvgIpc) is 2.70. The van der Waals surface area contributed by atoms with Gasteiger partial charge in [-0.2, -0.15) is 0 Å². The molecule has 0 saturated carbocycles. The first kappa shape index (κ1) is 25.3. The molecule has 0 aliphatic rings. The van der Waals surface area contributed by atoms with Crippen LogP contribution in [0.3, 0.4) is 0 Å². The fourth-order valence-corrected chi connectivity index (χ4v) is 3.47. The van der Waals surface area contributed by atoms with Gasteiger partial charge in [0.1, 0.15) is 0 Å². The molecule has 0 aromatic heterocycles. The van der Waals surface area contributed by atoms with Crippen molar-refractivity contribution in [1.29, 1.82) is 0 Å². The van der Waals surface area contributed by atoms with Crippen LogP contribution in [0.15, 0.2) is 58.5 Å². The van der Waals surface area contributed by atoms with Gasteiger partial charge in [-0.3, -0.25) is 9.98 Å². The molecule has 0 bridgehead atoms. The van der Waals surface area contributed by atoms with Crippen LogP contribution in [-0.2, 0) is 29.3 Å². The number of hydrogen-bond donors (Lipinski definition) is 0. The Morgan fingerprint density at radius 1 is 0.724 bits per heavy atom. The predicted octanol–water partition coefficient (Wildman–Crippen LogP) is 8.03. The van der Waals surface area contributed by atoms with Gasteiger partial charge in [0.15, 0.2) is 0 Å². The molecular weight excluding hydrogens is 399 g/mol. The van der Waals surface area contributed by atoms with E-state index in [1.807, 2.05) is 30.3 Å². The van der Waals surface area contributed by atoms with E-state index in [1.54, 1.807) is 0 Å². The van der Waals surface area contributed by atoms with E-state index < -0.39 is 0 Å². The number of unbranched alkanes of at least 4 members (excludes halogenated alkanes) is 2. The third-order valence-corrected chi connectivity index (χ3v) is 4.98. The molecule has 29 heavy (non-hydrogen) atoms. The van der Waals surface area contributed by atoms with Crippen LogP contribution < -0.4 is 0 Å². The maximum atomic E-state index is 5.06. The normalized spacial score (nSPS) is 12.0. The quantitative estimate of drug-likeness (QED) is 0.194. The number of benzene rings is 2. The van der Waals surface area contributed by atoms with Crippen molar-refractivity contribution in [2.75, 3.05) is 0 Å². The van der Waals surface area contributed by atoms with Gasteiger partial charge in [0.05, 0.1) is 22.8 Å². The first-order valence-electron chi connectivity index (χ1n) is 11.0. The second-order valence-electron chi connectivity index (χ2n) is 7.50. The fraction of sp³-hybridized carbons (Fsp3) is 0.462. The summed E-state index contributed by atoms with van der Waals surface area (Å²) in [5.41, 5.74) is 7.13. The summed E-state index contributed by atoms with van der Waals surface area (Å²) in [6.07, 6.45) is 9.22. The largest absolute Gasteiger partial charge is 0.252 e. The molecule has 160 valence electrons. The van der Waals surface area contributed by atoms with Gasteiger partial charge in [-0.25, -0.2) is 0 Å². The molecule has 0 aliphatic heterocycles. The average molecular weight is 435 g/mol. The molecule has 0 N–H and O–H groups in total. The van der Waals surface area contributed by atoms with E-state index in [0.29, 0.717) is 0 Å². The molecule has 3 heteroatoms. The molecule has 0 aliphatic carbocycles. The standard InChI is InChI=1S/C26H36N2.Ni/c1-5-8-10-17-26(21(4)27-24-15-11-9-12-16-24)28-25-19-18-22(13-6-2)23(20-25)14-7-3;/h9,11-12,15-16,18-20H,5-8,10,13-14,17H2,1-4H3;/b27-21+,28-26+;. The van der Waals surface area contributed by atoms with E-state index in [-0.39, 0.29) is 16.5 Å². The molecular formula is C26H36N2Ni. The predicted molar refractivity (Wildman–Crippen MR) is 125 cm³/mol. The van der Waals surface area contributed by atoms with Crippen molar-refractivity contribution in [3.63, 3.8) is 0 Å². The fourth-order valence-electron chi connectivity index (χ4n) is 3.47. The minimum atomic E-state index is 0. The van der Waals surface area contributed by atoms with E-state index in [2.05, 4.69) is 45.9 Å². The number of hydrogen-bond acceptors (Lipinski definition) is 2. The zero-order valence-corrected chi connectivity index (χ0v) is 19.5. The van der Waals surface area contributed by atoms with Gasteiger partial charge >= 0.3 is 0 Å². The van der Waals surface area contributed by atoms with Crippen molar-refractivity contribution in [1.82, 2.24) is 0 Å². The van der Waals surface area contributed by atoms with E-state index >= 15 is 0 Å². The maximum Gasteiger partial charge on any atom is 0.0636 e. The summed E-state index contributed by atoms with van der Waals surface area (Å²) in [7, 11) is 0. The topological polar surface area (TPSA) is 24.7 Å². The van der Waals surface area contributed by atoms with Crippen molar-refractivity contribution in [2.45, 2.75) is 79.1 Å². The molecule has 0 radical (unpaired) electrons. The molecule has 2 aromatic carbocycles. The third kappa shape index (κ3) is 8.66. The Labute approximate surface area is 187 Å². The van der Waals surface area contributed by atoms with Crippen molar-refractivity contribution in [3.8, 4) is 0 Å². The number of para-hydroxylation sites is 1. The Bertz CT molecular complexity index is 779. The Kier molecular flexibility index (Phi) is 12.5. The number of aryl methyl sites for hydroxylation is 2. The second-order valence-corrected chi connectivity index (χ2v) is 7.50. The van der Waals surface area contributed by atoms with Crippen LogP contribution in [0, 0.1) is 0 Å². The van der Waals surface area contributed by atoms with Gasteiger partial charge in [-0.15, -0.1) is 0 Å². The van der Waals surface area contributed by atoms with E-state index in [9.17, 15) is 0 Å². The van der Waals surface area contributed by atoms with Gasteiger partial charge in [0.2, 0.25) is 0 Å².